The van der Waals surface area contributed by atoms with Crippen LogP contribution < -0.4 is 25.8 Å². The van der Waals surface area contributed by atoms with Crippen LogP contribution in [0.4, 0.5) is 34.2 Å². The maximum Gasteiger partial charge on any atom is 0.387 e. The Bertz CT molecular complexity index is 1230. The van der Waals surface area contributed by atoms with Crippen LogP contribution in [0.25, 0.3) is 0 Å². The molecule has 0 aliphatic heterocycles. The van der Waals surface area contributed by atoms with E-state index in [0.717, 1.165) is 11.3 Å². The van der Waals surface area contributed by atoms with E-state index in [2.05, 4.69) is 14.5 Å². The number of nitrogens with two attached hydrogens (primary N) is 2. The zero-order chi connectivity index (χ0) is 25.9. The number of anilines is 3. The number of thiazole rings is 1. The van der Waals surface area contributed by atoms with Crippen LogP contribution in [0.15, 0.2) is 42.5 Å². The van der Waals surface area contributed by atoms with Gasteiger partial charge in [-0.25, -0.2) is 4.98 Å². The lowest BCUT2D eigenvalue weighted by atomic mass is 10.1. The van der Waals surface area contributed by atoms with Gasteiger partial charge in [-0.1, -0.05) is 22.9 Å². The smallest absolute Gasteiger partial charge is 0.387 e. The Morgan fingerprint density at radius 3 is 2.23 bits per heavy atom. The van der Waals surface area contributed by atoms with E-state index in [1.807, 2.05) is 0 Å². The molecule has 1 heterocycles. The molecule has 0 aliphatic carbocycles. The molecule has 3 rings (SSSR count). The van der Waals surface area contributed by atoms with Crippen molar-refractivity contribution in [2.75, 3.05) is 10.6 Å². The van der Waals surface area contributed by atoms with Crippen LogP contribution in [-0.4, -0.2) is 35.9 Å². The van der Waals surface area contributed by atoms with E-state index in [4.69, 9.17) is 23.1 Å². The summed E-state index contributed by atoms with van der Waals surface area (Å²) in [7, 11) is 0. The highest BCUT2D eigenvalue weighted by atomic mass is 35.5. The van der Waals surface area contributed by atoms with Crippen molar-refractivity contribution < 1.29 is 36.6 Å². The summed E-state index contributed by atoms with van der Waals surface area (Å²) in [4.78, 5) is 30.4. The number of carbonyl (C=O) groups is 2. The average Bonchev–Trinajstić information content (AvgIpc) is 3.16. The number of hydrogen-bond acceptors (Lipinski definition) is 8. The fraction of sp³-hybridized carbons (Fsp3) is 0.190. The molecule has 14 heteroatoms. The molecule has 1 unspecified atom stereocenters. The van der Waals surface area contributed by atoms with Crippen LogP contribution in [0.1, 0.15) is 22.2 Å². The van der Waals surface area contributed by atoms with Crippen molar-refractivity contribution in [1.29, 1.82) is 0 Å². The quantitative estimate of drug-likeness (QED) is 0.283. The lowest BCUT2D eigenvalue weighted by Gasteiger charge is -2.27. The predicted octanol–water partition coefficient (Wildman–Crippen LogP) is 4.82. The van der Waals surface area contributed by atoms with Gasteiger partial charge in [-0.05, 0) is 49.4 Å². The summed E-state index contributed by atoms with van der Waals surface area (Å²) in [6.07, 6.45) is 0. The number of ether oxygens (including phenoxy) is 2. The Morgan fingerprint density at radius 1 is 1.06 bits per heavy atom. The lowest BCUT2D eigenvalue weighted by molar-refractivity contribution is -0.118. The number of halogens is 5. The fourth-order valence-corrected chi connectivity index (χ4v) is 4.23. The Labute approximate surface area is 205 Å². The SMILES string of the molecule is CC(C(N)=O)N(c1ccc(OC(F)F)c(Cl)c1)c1nc(N)c(C(=O)c2ccc(OC(F)F)cc2)s1. The summed E-state index contributed by atoms with van der Waals surface area (Å²) < 4.78 is 58.4. The number of carbonyl (C=O) groups excluding carboxylic acids is 2. The van der Waals surface area contributed by atoms with Crippen LogP contribution >= 0.6 is 22.9 Å². The Hall–Kier alpha value is -3.58. The highest BCUT2D eigenvalue weighted by Crippen LogP contribution is 2.39. The summed E-state index contributed by atoms with van der Waals surface area (Å²) >= 11 is 6.88. The molecule has 0 spiro atoms. The van der Waals surface area contributed by atoms with E-state index in [-0.39, 0.29) is 43.6 Å². The van der Waals surface area contributed by atoms with Gasteiger partial charge in [0.2, 0.25) is 11.7 Å². The molecule has 1 amide bonds. The number of ketones is 1. The minimum Gasteiger partial charge on any atom is -0.435 e. The summed E-state index contributed by atoms with van der Waals surface area (Å²) in [5, 5.41) is -0.0789. The third kappa shape index (κ3) is 6.11. The molecule has 0 aliphatic rings. The number of rotatable bonds is 10. The van der Waals surface area contributed by atoms with E-state index >= 15 is 0 Å². The third-order valence-corrected chi connectivity index (χ3v) is 5.97. The number of aromatic nitrogens is 1. The molecule has 8 nitrogen and oxygen atoms in total. The van der Waals surface area contributed by atoms with E-state index in [1.165, 1.54) is 54.3 Å². The number of nitrogen functional groups attached to an aromatic ring is 1. The summed E-state index contributed by atoms with van der Waals surface area (Å²) in [6.45, 7) is -4.65. The van der Waals surface area contributed by atoms with Crippen LogP contribution in [0.5, 0.6) is 11.5 Å². The average molecular weight is 533 g/mol. The maximum absolute atomic E-state index is 13.0. The van der Waals surface area contributed by atoms with E-state index < -0.39 is 31.0 Å². The normalized spacial score (nSPS) is 12.0. The van der Waals surface area contributed by atoms with Gasteiger partial charge in [0.1, 0.15) is 28.2 Å². The first-order valence-electron chi connectivity index (χ1n) is 9.66. The third-order valence-electron chi connectivity index (χ3n) is 4.60. The predicted molar refractivity (Wildman–Crippen MR) is 122 cm³/mol. The Balaban J connectivity index is 1.97. The molecule has 3 aromatic rings. The zero-order valence-corrected chi connectivity index (χ0v) is 19.3. The molecule has 2 aromatic carbocycles. The van der Waals surface area contributed by atoms with Gasteiger partial charge in [0.25, 0.3) is 0 Å². The minimum atomic E-state index is -3.10. The van der Waals surface area contributed by atoms with E-state index in [9.17, 15) is 27.2 Å². The van der Waals surface area contributed by atoms with Crippen molar-refractivity contribution in [3.8, 4) is 11.5 Å². The second-order valence-electron chi connectivity index (χ2n) is 6.88. The van der Waals surface area contributed by atoms with Gasteiger partial charge in [-0.2, -0.15) is 17.6 Å². The number of amides is 1. The molecular formula is C21H17ClF4N4O4S. The van der Waals surface area contributed by atoms with Gasteiger partial charge >= 0.3 is 13.2 Å². The van der Waals surface area contributed by atoms with Crippen molar-refractivity contribution >= 4 is 51.3 Å². The summed E-state index contributed by atoms with van der Waals surface area (Å²) in [5.74, 6) is -1.89. The first-order chi connectivity index (χ1) is 16.5. The molecule has 4 N–H and O–H groups in total. The first kappa shape index (κ1) is 26.0. The number of alkyl halides is 4. The van der Waals surface area contributed by atoms with E-state index in [1.54, 1.807) is 0 Å². The molecular weight excluding hydrogens is 516 g/mol. The Morgan fingerprint density at radius 2 is 1.69 bits per heavy atom. The van der Waals surface area contributed by atoms with Gasteiger partial charge < -0.3 is 25.8 Å². The highest BCUT2D eigenvalue weighted by molar-refractivity contribution is 7.18. The summed E-state index contributed by atoms with van der Waals surface area (Å²) in [5.41, 5.74) is 11.8. The molecule has 0 saturated carbocycles. The second-order valence-corrected chi connectivity index (χ2v) is 8.27. The van der Waals surface area contributed by atoms with Crippen LogP contribution in [0.2, 0.25) is 5.02 Å². The second kappa shape index (κ2) is 10.8. The van der Waals surface area contributed by atoms with E-state index in [0.29, 0.717) is 0 Å². The van der Waals surface area contributed by atoms with Gasteiger partial charge in [0.05, 0.1) is 5.02 Å². The monoisotopic (exact) mass is 532 g/mol. The first-order valence-corrected chi connectivity index (χ1v) is 10.9. The molecule has 1 atom stereocenters. The number of nitrogens with zero attached hydrogens (tertiary/aromatic N) is 2. The standard InChI is InChI=1S/C21H17ClF4N4O4S/c1-9(18(28)32)30(11-4-7-14(13(22)8-11)34-20(25)26)21-29-17(27)16(35-21)15(31)10-2-5-12(6-3-10)33-19(23)24/h2-9,19-20H,27H2,1H3,(H2,28,32). The van der Waals surface area contributed by atoms with Gasteiger partial charge in [-0.3, -0.25) is 9.59 Å². The highest BCUT2D eigenvalue weighted by Gasteiger charge is 2.28. The number of hydrogen-bond donors (Lipinski definition) is 2. The zero-order valence-electron chi connectivity index (χ0n) is 17.8. The van der Waals surface area contributed by atoms with Gasteiger partial charge in [0.15, 0.2) is 5.13 Å². The van der Waals surface area contributed by atoms with Crippen molar-refractivity contribution in [1.82, 2.24) is 4.98 Å². The summed E-state index contributed by atoms with van der Waals surface area (Å²) in [6, 6.07) is 7.75. The van der Waals surface area contributed by atoms with Crippen molar-refractivity contribution in [2.24, 2.45) is 5.73 Å². The number of benzene rings is 2. The molecule has 0 bridgehead atoms. The van der Waals surface area contributed by atoms with Gasteiger partial charge in [0, 0.05) is 11.3 Å². The van der Waals surface area contributed by atoms with Gasteiger partial charge in [-0.15, -0.1) is 0 Å². The Kier molecular flexibility index (Phi) is 8.02. The molecule has 35 heavy (non-hydrogen) atoms. The van der Waals surface area contributed by atoms with Crippen molar-refractivity contribution in [2.45, 2.75) is 26.2 Å². The molecule has 0 saturated heterocycles. The lowest BCUT2D eigenvalue weighted by Crippen LogP contribution is -2.39. The number of primary amides is 1. The largest absolute Gasteiger partial charge is 0.435 e. The minimum absolute atomic E-state index is 0.00736. The van der Waals surface area contributed by atoms with Crippen LogP contribution in [-0.2, 0) is 4.79 Å². The topological polar surface area (TPSA) is 121 Å². The van der Waals surface area contributed by atoms with Crippen molar-refractivity contribution in [3.05, 3.63) is 57.9 Å². The van der Waals surface area contributed by atoms with Crippen molar-refractivity contribution in [3.63, 3.8) is 0 Å². The molecule has 0 radical (unpaired) electrons. The molecule has 1 aromatic heterocycles. The fourth-order valence-electron chi connectivity index (χ4n) is 2.96. The van der Waals surface area contributed by atoms with Crippen LogP contribution in [0.3, 0.4) is 0 Å². The van der Waals surface area contributed by atoms with Crippen LogP contribution in [0, 0.1) is 0 Å². The molecule has 0 fully saturated rings. The molecule has 186 valence electrons. The maximum atomic E-state index is 13.0.